The van der Waals surface area contributed by atoms with Crippen LogP contribution in [0, 0.1) is 6.92 Å². The van der Waals surface area contributed by atoms with Crippen LogP contribution in [0.25, 0.3) is 6.08 Å². The molecule has 0 aromatic carbocycles. The fourth-order valence-electron chi connectivity index (χ4n) is 1.26. The number of carbonyl (C=O) groups is 1. The molecule has 0 saturated heterocycles. The lowest BCUT2D eigenvalue weighted by molar-refractivity contribution is -0.131. The lowest BCUT2D eigenvalue weighted by Gasteiger charge is -2.08. The molecule has 1 aromatic rings. The van der Waals surface area contributed by atoms with Gasteiger partial charge in [-0.1, -0.05) is 0 Å². The first-order valence-corrected chi connectivity index (χ1v) is 7.53. The third-order valence-corrected chi connectivity index (χ3v) is 3.03. The van der Waals surface area contributed by atoms with E-state index in [0.717, 1.165) is 12.3 Å². The fraction of sp³-hybridized carbons (Fsp3) is 0.333. The predicted molar refractivity (Wildman–Crippen MR) is 70.8 cm³/mol. The predicted octanol–water partition coefficient (Wildman–Crippen LogP) is 0.911. The van der Waals surface area contributed by atoms with Gasteiger partial charge in [0, 0.05) is 18.0 Å². The summed E-state index contributed by atoms with van der Waals surface area (Å²) in [5.74, 6) is -0.847. The fourth-order valence-corrected chi connectivity index (χ4v) is 1.64. The highest BCUT2D eigenvalue weighted by Gasteiger charge is 2.06. The average Bonchev–Trinajstić information content (AvgIpc) is 2.27. The van der Waals surface area contributed by atoms with Gasteiger partial charge in [0.1, 0.15) is 18.1 Å². The van der Waals surface area contributed by atoms with Crippen LogP contribution in [0.1, 0.15) is 11.4 Å². The molecule has 0 spiro atoms. The molecule has 0 atom stereocenters. The van der Waals surface area contributed by atoms with Crippen LogP contribution < -0.4 is 4.74 Å². The number of rotatable bonds is 6. The van der Waals surface area contributed by atoms with Crippen molar-refractivity contribution in [1.29, 1.82) is 0 Å². The van der Waals surface area contributed by atoms with Crippen molar-refractivity contribution < 1.29 is 23.1 Å². The molecule has 1 aromatic heterocycles. The van der Waals surface area contributed by atoms with Crippen LogP contribution >= 0.6 is 0 Å². The van der Waals surface area contributed by atoms with Gasteiger partial charge in [-0.25, -0.2) is 18.2 Å². The quantitative estimate of drug-likeness (QED) is 0.781. The summed E-state index contributed by atoms with van der Waals surface area (Å²) >= 11 is 0. The van der Waals surface area contributed by atoms with Gasteiger partial charge in [-0.2, -0.15) is 0 Å². The molecular formula is C12H15NO5S. The first-order valence-electron chi connectivity index (χ1n) is 5.47. The Morgan fingerprint density at radius 1 is 1.47 bits per heavy atom. The van der Waals surface area contributed by atoms with Gasteiger partial charge in [-0.05, 0) is 25.1 Å². The van der Waals surface area contributed by atoms with E-state index < -0.39 is 15.8 Å². The van der Waals surface area contributed by atoms with Gasteiger partial charge in [-0.15, -0.1) is 0 Å². The molecule has 0 aliphatic rings. The first kappa shape index (κ1) is 15.2. The number of hydrogen-bond acceptors (Lipinski definition) is 5. The Balaban J connectivity index is 2.85. The van der Waals surface area contributed by atoms with Crippen LogP contribution in [0.4, 0.5) is 0 Å². The summed E-state index contributed by atoms with van der Waals surface area (Å²) in [6.07, 6.45) is 3.38. The number of ether oxygens (including phenoxy) is 1. The van der Waals surface area contributed by atoms with Crippen LogP contribution in [0.5, 0.6) is 5.75 Å². The van der Waals surface area contributed by atoms with Gasteiger partial charge in [-0.3, -0.25) is 0 Å². The molecule has 0 bridgehead atoms. The van der Waals surface area contributed by atoms with E-state index in [0.29, 0.717) is 17.1 Å². The molecule has 0 radical (unpaired) electrons. The van der Waals surface area contributed by atoms with E-state index >= 15 is 0 Å². The standard InChI is InChI=1S/C12H15NO5S/c1-9-3-5-11(18-7-8-19(2,16)17)10(13-9)4-6-12(14)15/h3-6H,7-8H2,1-2H3,(H,14,15). The Bertz CT molecular complexity index is 592. The highest BCUT2D eigenvalue weighted by atomic mass is 32.2. The molecule has 7 heteroatoms. The Morgan fingerprint density at radius 2 is 2.16 bits per heavy atom. The lowest BCUT2D eigenvalue weighted by Crippen LogP contribution is -2.12. The van der Waals surface area contributed by atoms with Crippen LogP contribution in [0.15, 0.2) is 18.2 Å². The van der Waals surface area contributed by atoms with Crippen LogP contribution in [0.2, 0.25) is 0 Å². The van der Waals surface area contributed by atoms with Gasteiger partial charge >= 0.3 is 5.97 Å². The summed E-state index contributed by atoms with van der Waals surface area (Å²) in [7, 11) is -3.10. The number of carboxylic acids is 1. The third kappa shape index (κ3) is 6.01. The number of aliphatic carboxylic acids is 1. The number of aryl methyl sites for hydroxylation is 1. The Labute approximate surface area is 111 Å². The van der Waals surface area contributed by atoms with E-state index in [1.165, 1.54) is 6.08 Å². The van der Waals surface area contributed by atoms with E-state index in [1.807, 2.05) is 0 Å². The minimum absolute atomic E-state index is 0.00249. The normalized spacial score (nSPS) is 11.7. The molecule has 1 rings (SSSR count). The molecule has 0 unspecified atom stereocenters. The maximum Gasteiger partial charge on any atom is 0.328 e. The zero-order valence-electron chi connectivity index (χ0n) is 10.7. The van der Waals surface area contributed by atoms with Crippen LogP contribution in [-0.4, -0.2) is 43.1 Å². The molecule has 19 heavy (non-hydrogen) atoms. The van der Waals surface area contributed by atoms with Gasteiger partial charge < -0.3 is 9.84 Å². The summed E-state index contributed by atoms with van der Waals surface area (Å²) < 4.78 is 27.3. The van der Waals surface area contributed by atoms with E-state index in [2.05, 4.69) is 4.98 Å². The molecule has 0 fully saturated rings. The second kappa shape index (κ2) is 6.33. The van der Waals surface area contributed by atoms with Crippen molar-refractivity contribution in [2.24, 2.45) is 0 Å². The van der Waals surface area contributed by atoms with Gasteiger partial charge in [0.05, 0.1) is 5.75 Å². The zero-order chi connectivity index (χ0) is 14.5. The van der Waals surface area contributed by atoms with Crippen LogP contribution in [-0.2, 0) is 14.6 Å². The molecule has 0 amide bonds. The van der Waals surface area contributed by atoms with Crippen molar-refractivity contribution in [3.63, 3.8) is 0 Å². The minimum Gasteiger partial charge on any atom is -0.490 e. The SMILES string of the molecule is Cc1ccc(OCCS(C)(=O)=O)c(C=CC(=O)O)n1. The molecule has 1 N–H and O–H groups in total. The van der Waals surface area contributed by atoms with Crippen molar-refractivity contribution in [3.8, 4) is 5.75 Å². The molecule has 104 valence electrons. The van der Waals surface area contributed by atoms with Crippen molar-refractivity contribution >= 4 is 21.9 Å². The zero-order valence-corrected chi connectivity index (χ0v) is 11.5. The summed E-state index contributed by atoms with van der Waals surface area (Å²) in [4.78, 5) is 14.6. The number of pyridine rings is 1. The Morgan fingerprint density at radius 3 is 2.74 bits per heavy atom. The monoisotopic (exact) mass is 285 g/mol. The number of aromatic nitrogens is 1. The van der Waals surface area contributed by atoms with Crippen molar-refractivity contribution in [1.82, 2.24) is 4.98 Å². The first-order chi connectivity index (χ1) is 8.78. The molecule has 0 aliphatic carbocycles. The molecule has 0 aliphatic heterocycles. The average molecular weight is 285 g/mol. The number of sulfone groups is 1. The highest BCUT2D eigenvalue weighted by molar-refractivity contribution is 7.90. The van der Waals surface area contributed by atoms with Crippen molar-refractivity contribution in [2.45, 2.75) is 6.92 Å². The Hall–Kier alpha value is -1.89. The summed E-state index contributed by atoms with van der Waals surface area (Å²) in [5, 5.41) is 8.58. The molecule has 1 heterocycles. The summed E-state index contributed by atoms with van der Waals surface area (Å²) in [5.41, 5.74) is 1.07. The Kier molecular flexibility index (Phi) is 5.05. The highest BCUT2D eigenvalue weighted by Crippen LogP contribution is 2.18. The van der Waals surface area contributed by atoms with Crippen molar-refractivity contribution in [3.05, 3.63) is 29.6 Å². The smallest absolute Gasteiger partial charge is 0.328 e. The van der Waals surface area contributed by atoms with E-state index in [9.17, 15) is 13.2 Å². The van der Waals surface area contributed by atoms with Crippen LogP contribution in [0.3, 0.4) is 0 Å². The second-order valence-electron chi connectivity index (χ2n) is 3.99. The topological polar surface area (TPSA) is 93.6 Å². The number of nitrogens with zero attached hydrogens (tertiary/aromatic N) is 1. The number of carboxylic acid groups (broad SMARTS) is 1. The van der Waals surface area contributed by atoms with Gasteiger partial charge in [0.25, 0.3) is 0 Å². The maximum absolute atomic E-state index is 11.0. The van der Waals surface area contributed by atoms with E-state index in [1.54, 1.807) is 19.1 Å². The van der Waals surface area contributed by atoms with E-state index in [-0.39, 0.29) is 12.4 Å². The van der Waals surface area contributed by atoms with Gasteiger partial charge in [0.2, 0.25) is 0 Å². The molecule has 0 saturated carbocycles. The third-order valence-electron chi connectivity index (χ3n) is 2.12. The lowest BCUT2D eigenvalue weighted by atomic mass is 10.2. The maximum atomic E-state index is 11.0. The van der Waals surface area contributed by atoms with Crippen molar-refractivity contribution in [2.75, 3.05) is 18.6 Å². The minimum atomic E-state index is -3.10. The largest absolute Gasteiger partial charge is 0.490 e. The summed E-state index contributed by atoms with van der Waals surface area (Å²) in [6.45, 7) is 1.76. The molecular weight excluding hydrogens is 270 g/mol. The number of hydrogen-bond donors (Lipinski definition) is 1. The second-order valence-corrected chi connectivity index (χ2v) is 6.25. The van der Waals surface area contributed by atoms with E-state index in [4.69, 9.17) is 9.84 Å². The molecule has 6 nitrogen and oxygen atoms in total. The summed E-state index contributed by atoms with van der Waals surface area (Å²) in [6, 6.07) is 3.33. The van der Waals surface area contributed by atoms with Gasteiger partial charge in [0.15, 0.2) is 9.84 Å².